The summed E-state index contributed by atoms with van der Waals surface area (Å²) in [4.78, 5) is 14.4. The molecule has 0 aliphatic heterocycles. The molecule has 0 N–H and O–H groups in total. The highest BCUT2D eigenvalue weighted by Crippen LogP contribution is 2.27. The Balaban J connectivity index is 2.14. The van der Waals surface area contributed by atoms with Gasteiger partial charge in [-0.1, -0.05) is 42.5 Å². The van der Waals surface area contributed by atoms with Gasteiger partial charge in [-0.25, -0.2) is 8.42 Å². The van der Waals surface area contributed by atoms with E-state index in [1.807, 2.05) is 6.92 Å². The molecule has 5 nitrogen and oxygen atoms in total. The van der Waals surface area contributed by atoms with Crippen LogP contribution in [0, 0.1) is 0 Å². The summed E-state index contributed by atoms with van der Waals surface area (Å²) in [7, 11) is -2.50. The van der Waals surface area contributed by atoms with Crippen molar-refractivity contribution < 1.29 is 13.2 Å². The smallest absolute Gasteiger partial charge is 0.244 e. The van der Waals surface area contributed by atoms with E-state index >= 15 is 0 Å². The van der Waals surface area contributed by atoms with Crippen LogP contribution in [-0.2, 0) is 14.8 Å². The number of sulfonamides is 1. The number of likely N-dealkylation sites (N-methyl/N-ethyl adjacent to an activating group) is 2. The summed E-state index contributed by atoms with van der Waals surface area (Å²) in [5.41, 5.74) is 0. The molecule has 25 heavy (non-hydrogen) atoms. The molecule has 0 radical (unpaired) electrons. The summed E-state index contributed by atoms with van der Waals surface area (Å²) < 4.78 is 26.5. The van der Waals surface area contributed by atoms with E-state index in [1.165, 1.54) is 31.7 Å². The van der Waals surface area contributed by atoms with Crippen LogP contribution in [0.25, 0.3) is 0 Å². The van der Waals surface area contributed by atoms with E-state index in [1.54, 1.807) is 4.90 Å². The van der Waals surface area contributed by atoms with Gasteiger partial charge in [0, 0.05) is 24.7 Å². The number of nitrogens with zero attached hydrogens (tertiary/aromatic N) is 2. The summed E-state index contributed by atoms with van der Waals surface area (Å²) in [5.74, 6) is -0.182. The molecule has 1 aliphatic carbocycles. The maximum absolute atomic E-state index is 12.7. The van der Waals surface area contributed by atoms with Crippen molar-refractivity contribution in [2.45, 2.75) is 50.0 Å². The zero-order valence-corrected chi connectivity index (χ0v) is 16.9. The molecule has 2 rings (SSSR count). The van der Waals surface area contributed by atoms with Crippen molar-refractivity contribution in [1.82, 2.24) is 9.21 Å². The average molecular weight is 407 g/mol. The fourth-order valence-electron chi connectivity index (χ4n) is 3.24. The first-order valence-electron chi connectivity index (χ1n) is 8.48. The van der Waals surface area contributed by atoms with Gasteiger partial charge in [0.1, 0.15) is 4.90 Å². The summed E-state index contributed by atoms with van der Waals surface area (Å²) in [6.07, 6.45) is 5.39. The lowest BCUT2D eigenvalue weighted by Gasteiger charge is -2.34. The monoisotopic (exact) mass is 406 g/mol. The van der Waals surface area contributed by atoms with Gasteiger partial charge in [-0.15, -0.1) is 0 Å². The molecule has 0 bridgehead atoms. The third-order valence-electron chi connectivity index (χ3n) is 4.62. The Kier molecular flexibility index (Phi) is 7.14. The molecule has 0 unspecified atom stereocenters. The predicted molar refractivity (Wildman–Crippen MR) is 101 cm³/mol. The van der Waals surface area contributed by atoms with Gasteiger partial charge in [0.05, 0.1) is 11.6 Å². The van der Waals surface area contributed by atoms with Crippen LogP contribution in [0.1, 0.15) is 39.0 Å². The Morgan fingerprint density at radius 3 is 2.44 bits per heavy atom. The van der Waals surface area contributed by atoms with Crippen LogP contribution in [0.3, 0.4) is 0 Å². The molecule has 1 aliphatic rings. The maximum atomic E-state index is 12.7. The molecule has 1 fully saturated rings. The van der Waals surface area contributed by atoms with E-state index in [0.29, 0.717) is 6.54 Å². The van der Waals surface area contributed by atoms with Crippen molar-refractivity contribution in [1.29, 1.82) is 0 Å². The number of hydrogen-bond donors (Lipinski definition) is 0. The molecule has 0 heterocycles. The fraction of sp³-hybridized carbons (Fsp3) is 0.588. The van der Waals surface area contributed by atoms with Crippen molar-refractivity contribution in [3.8, 4) is 0 Å². The Morgan fingerprint density at radius 2 is 1.84 bits per heavy atom. The van der Waals surface area contributed by atoms with E-state index in [4.69, 9.17) is 23.2 Å². The number of amides is 1. The first-order chi connectivity index (χ1) is 11.8. The minimum Gasteiger partial charge on any atom is -0.339 e. The van der Waals surface area contributed by atoms with Crippen LogP contribution in [-0.4, -0.2) is 49.7 Å². The standard InChI is InChI=1S/C17H24Cl2N2O3S/c1-3-21(14-7-5-4-6-8-14)17(22)12-20(2)25(23,24)16-11-13(18)9-10-15(16)19/h9-11,14H,3-8,12H2,1-2H3. The fourth-order valence-corrected chi connectivity index (χ4v) is 5.09. The van der Waals surface area contributed by atoms with Gasteiger partial charge in [0.15, 0.2) is 0 Å². The quantitative estimate of drug-likeness (QED) is 0.721. The number of rotatable bonds is 6. The Morgan fingerprint density at radius 1 is 1.20 bits per heavy atom. The number of benzene rings is 1. The second-order valence-corrected chi connectivity index (χ2v) is 9.16. The number of carbonyl (C=O) groups excluding carboxylic acids is 1. The van der Waals surface area contributed by atoms with Gasteiger partial charge in [0.25, 0.3) is 0 Å². The second-order valence-electron chi connectivity index (χ2n) is 6.31. The summed E-state index contributed by atoms with van der Waals surface area (Å²) >= 11 is 11.9. The molecule has 1 amide bonds. The maximum Gasteiger partial charge on any atom is 0.244 e. The SMILES string of the molecule is CCN(C(=O)CN(C)S(=O)(=O)c1cc(Cl)ccc1Cl)C1CCCCC1. The molecular weight excluding hydrogens is 383 g/mol. The lowest BCUT2D eigenvalue weighted by molar-refractivity contribution is -0.133. The van der Waals surface area contributed by atoms with Crippen LogP contribution in [0.4, 0.5) is 0 Å². The van der Waals surface area contributed by atoms with E-state index in [9.17, 15) is 13.2 Å². The highest BCUT2D eigenvalue weighted by Gasteiger charge is 2.30. The van der Waals surface area contributed by atoms with Crippen molar-refractivity contribution in [3.63, 3.8) is 0 Å². The number of halogens is 2. The largest absolute Gasteiger partial charge is 0.339 e. The van der Waals surface area contributed by atoms with Crippen molar-refractivity contribution >= 4 is 39.1 Å². The van der Waals surface area contributed by atoms with Crippen LogP contribution in [0.2, 0.25) is 10.0 Å². The number of hydrogen-bond acceptors (Lipinski definition) is 3. The van der Waals surface area contributed by atoms with E-state index in [-0.39, 0.29) is 33.4 Å². The third kappa shape index (κ3) is 4.88. The minimum absolute atomic E-state index is 0.0855. The Bertz CT molecular complexity index is 719. The van der Waals surface area contributed by atoms with Gasteiger partial charge >= 0.3 is 0 Å². The van der Waals surface area contributed by atoms with Gasteiger partial charge in [0.2, 0.25) is 15.9 Å². The van der Waals surface area contributed by atoms with Crippen LogP contribution in [0.15, 0.2) is 23.1 Å². The van der Waals surface area contributed by atoms with Crippen molar-refractivity contribution in [3.05, 3.63) is 28.2 Å². The summed E-state index contributed by atoms with van der Waals surface area (Å²) in [6.45, 7) is 2.29. The molecule has 0 atom stereocenters. The average Bonchev–Trinajstić information content (AvgIpc) is 2.58. The third-order valence-corrected chi connectivity index (χ3v) is 7.14. The molecule has 140 valence electrons. The van der Waals surface area contributed by atoms with Crippen molar-refractivity contribution in [2.75, 3.05) is 20.1 Å². The van der Waals surface area contributed by atoms with E-state index in [0.717, 1.165) is 30.0 Å². The van der Waals surface area contributed by atoms with Gasteiger partial charge in [-0.05, 0) is 38.0 Å². The van der Waals surface area contributed by atoms with E-state index < -0.39 is 10.0 Å². The van der Waals surface area contributed by atoms with Gasteiger partial charge < -0.3 is 4.90 Å². The Labute approximate surface area is 159 Å². The molecule has 1 aromatic rings. The van der Waals surface area contributed by atoms with Crippen LogP contribution >= 0.6 is 23.2 Å². The summed E-state index contributed by atoms with van der Waals surface area (Å²) in [5, 5.41) is 0.364. The first-order valence-corrected chi connectivity index (χ1v) is 10.7. The zero-order chi connectivity index (χ0) is 18.6. The lowest BCUT2D eigenvalue weighted by atomic mass is 9.94. The van der Waals surface area contributed by atoms with Crippen LogP contribution < -0.4 is 0 Å². The normalized spacial score (nSPS) is 16.2. The second kappa shape index (κ2) is 8.71. The topological polar surface area (TPSA) is 57.7 Å². The molecule has 1 aromatic carbocycles. The molecule has 0 spiro atoms. The minimum atomic E-state index is -3.89. The molecule has 1 saturated carbocycles. The van der Waals surface area contributed by atoms with Gasteiger partial charge in [-0.2, -0.15) is 4.31 Å². The molecule has 0 aromatic heterocycles. The molecule has 8 heteroatoms. The van der Waals surface area contributed by atoms with Crippen LogP contribution in [0.5, 0.6) is 0 Å². The van der Waals surface area contributed by atoms with Gasteiger partial charge in [-0.3, -0.25) is 4.79 Å². The number of carbonyl (C=O) groups is 1. The van der Waals surface area contributed by atoms with Crippen molar-refractivity contribution in [2.24, 2.45) is 0 Å². The molecular formula is C17H24Cl2N2O3S. The lowest BCUT2D eigenvalue weighted by Crippen LogP contribution is -2.46. The zero-order valence-electron chi connectivity index (χ0n) is 14.5. The Hall–Kier alpha value is -0.820. The predicted octanol–water partition coefficient (Wildman–Crippen LogP) is 3.80. The first kappa shape index (κ1) is 20.5. The summed E-state index contributed by atoms with van der Waals surface area (Å²) in [6, 6.07) is 4.47. The van der Waals surface area contributed by atoms with E-state index in [2.05, 4.69) is 0 Å². The highest BCUT2D eigenvalue weighted by molar-refractivity contribution is 7.89. The highest BCUT2D eigenvalue weighted by atomic mass is 35.5. The molecule has 0 saturated heterocycles.